The second-order valence-corrected chi connectivity index (χ2v) is 9.31. The van der Waals surface area contributed by atoms with Gasteiger partial charge < -0.3 is 20.5 Å². The molecule has 1 fully saturated rings. The number of carboxylic acid groups (broad SMARTS) is 1. The van der Waals surface area contributed by atoms with Crippen LogP contribution in [-0.2, 0) is 14.3 Å². The van der Waals surface area contributed by atoms with E-state index in [1.807, 2.05) is 31.2 Å². The predicted molar refractivity (Wildman–Crippen MR) is 128 cm³/mol. The lowest BCUT2D eigenvalue weighted by molar-refractivity contribution is -0.142. The van der Waals surface area contributed by atoms with Gasteiger partial charge in [0.25, 0.3) is 0 Å². The topological polar surface area (TPSA) is 105 Å². The van der Waals surface area contributed by atoms with E-state index in [2.05, 4.69) is 34.9 Å². The Hall–Kier alpha value is -3.35. The van der Waals surface area contributed by atoms with E-state index in [-0.39, 0.29) is 36.8 Å². The third-order valence-electron chi connectivity index (χ3n) is 6.86. The van der Waals surface area contributed by atoms with Gasteiger partial charge in [-0.25, -0.2) is 9.59 Å². The van der Waals surface area contributed by atoms with Crippen LogP contribution in [0.5, 0.6) is 0 Å². The van der Waals surface area contributed by atoms with Gasteiger partial charge in [-0.3, -0.25) is 4.79 Å². The molecule has 2 aromatic carbocycles. The van der Waals surface area contributed by atoms with Gasteiger partial charge in [0.15, 0.2) is 0 Å². The average Bonchev–Trinajstić information content (AvgIpc) is 3.12. The molecule has 2 aliphatic carbocycles. The Morgan fingerprint density at radius 3 is 2.24 bits per heavy atom. The number of hydrogen-bond donors (Lipinski definition) is 3. The van der Waals surface area contributed by atoms with Gasteiger partial charge in [0.2, 0.25) is 5.91 Å². The number of hydrogen-bond acceptors (Lipinski definition) is 4. The molecule has 0 spiro atoms. The highest BCUT2D eigenvalue weighted by Gasteiger charge is 2.34. The quantitative estimate of drug-likeness (QED) is 0.482. The standard InChI is InChI=1S/C27H32N2O5/c1-2-3-12-24(26(31)32)29-25(30)15-17-13-18(14-17)28-27(33)34-16-23-21-10-6-4-8-19(21)20-9-5-7-11-22(20)23/h4-11,17-18,23-24H,2-3,12-16H2,1H3,(H,28,33)(H,29,30)(H,31,32)/t17?,18?,24-/m0/s1. The molecule has 0 heterocycles. The summed E-state index contributed by atoms with van der Waals surface area (Å²) < 4.78 is 5.58. The largest absolute Gasteiger partial charge is 0.480 e. The molecule has 4 rings (SSSR count). The Balaban J connectivity index is 1.20. The summed E-state index contributed by atoms with van der Waals surface area (Å²) >= 11 is 0. The molecule has 0 aromatic heterocycles. The van der Waals surface area contributed by atoms with Crippen LogP contribution in [0.3, 0.4) is 0 Å². The summed E-state index contributed by atoms with van der Waals surface area (Å²) in [7, 11) is 0. The Kier molecular flexibility index (Phi) is 7.50. The van der Waals surface area contributed by atoms with E-state index in [0.717, 1.165) is 12.8 Å². The monoisotopic (exact) mass is 464 g/mol. The third-order valence-corrected chi connectivity index (χ3v) is 6.86. The lowest BCUT2D eigenvalue weighted by atomic mass is 9.78. The van der Waals surface area contributed by atoms with Gasteiger partial charge in [-0.15, -0.1) is 0 Å². The lowest BCUT2D eigenvalue weighted by Crippen LogP contribution is -2.47. The maximum Gasteiger partial charge on any atom is 0.407 e. The van der Waals surface area contributed by atoms with Gasteiger partial charge in [-0.1, -0.05) is 68.3 Å². The van der Waals surface area contributed by atoms with Crippen molar-refractivity contribution in [3.63, 3.8) is 0 Å². The summed E-state index contributed by atoms with van der Waals surface area (Å²) in [5.74, 6) is -1.08. The number of unbranched alkanes of at least 4 members (excludes halogenated alkanes) is 1. The smallest absolute Gasteiger partial charge is 0.407 e. The minimum Gasteiger partial charge on any atom is -0.480 e. The maximum atomic E-state index is 12.4. The summed E-state index contributed by atoms with van der Waals surface area (Å²) in [6.45, 7) is 2.26. The normalized spacial score (nSPS) is 19.3. The van der Waals surface area contributed by atoms with E-state index in [1.165, 1.54) is 22.3 Å². The molecule has 7 heteroatoms. The van der Waals surface area contributed by atoms with Crippen LogP contribution in [0.15, 0.2) is 48.5 Å². The second-order valence-electron chi connectivity index (χ2n) is 9.31. The molecular weight excluding hydrogens is 432 g/mol. The molecule has 2 aliphatic rings. The number of carboxylic acids is 1. The summed E-state index contributed by atoms with van der Waals surface area (Å²) in [5.41, 5.74) is 4.72. The Bertz CT molecular complexity index is 1000. The zero-order valence-corrected chi connectivity index (χ0v) is 19.5. The highest BCUT2D eigenvalue weighted by atomic mass is 16.5. The Labute approximate surface area is 199 Å². The molecule has 7 nitrogen and oxygen atoms in total. The number of amides is 2. The van der Waals surface area contributed by atoms with Crippen molar-refractivity contribution in [1.29, 1.82) is 0 Å². The first-order valence-corrected chi connectivity index (χ1v) is 12.1. The Morgan fingerprint density at radius 2 is 1.65 bits per heavy atom. The molecule has 1 saturated carbocycles. The number of carbonyl (C=O) groups is 3. The van der Waals surface area contributed by atoms with Gasteiger partial charge in [0.05, 0.1) is 0 Å². The van der Waals surface area contributed by atoms with Gasteiger partial charge in [0.1, 0.15) is 12.6 Å². The van der Waals surface area contributed by atoms with Gasteiger partial charge in [0, 0.05) is 18.4 Å². The summed E-state index contributed by atoms with van der Waals surface area (Å²) in [4.78, 5) is 35.9. The van der Waals surface area contributed by atoms with Crippen LogP contribution in [0, 0.1) is 5.92 Å². The molecule has 0 aliphatic heterocycles. The first-order chi connectivity index (χ1) is 16.5. The van der Waals surface area contributed by atoms with Crippen LogP contribution in [0.2, 0.25) is 0 Å². The van der Waals surface area contributed by atoms with E-state index in [9.17, 15) is 19.5 Å². The van der Waals surface area contributed by atoms with Gasteiger partial charge >= 0.3 is 12.1 Å². The first kappa shape index (κ1) is 23.8. The van der Waals surface area contributed by atoms with Crippen LogP contribution in [0.1, 0.15) is 62.5 Å². The van der Waals surface area contributed by atoms with Crippen LogP contribution in [-0.4, -0.2) is 41.8 Å². The highest BCUT2D eigenvalue weighted by Crippen LogP contribution is 2.44. The van der Waals surface area contributed by atoms with E-state index >= 15 is 0 Å². The molecule has 2 aromatic rings. The highest BCUT2D eigenvalue weighted by molar-refractivity contribution is 5.83. The molecular formula is C27H32N2O5. The number of alkyl carbamates (subject to hydrolysis) is 1. The van der Waals surface area contributed by atoms with Crippen molar-refractivity contribution >= 4 is 18.0 Å². The number of carbonyl (C=O) groups excluding carboxylic acids is 2. The van der Waals surface area contributed by atoms with E-state index < -0.39 is 18.1 Å². The minimum atomic E-state index is -0.995. The summed E-state index contributed by atoms with van der Waals surface area (Å²) in [6, 6.07) is 15.6. The van der Waals surface area contributed by atoms with Crippen molar-refractivity contribution < 1.29 is 24.2 Å². The summed E-state index contributed by atoms with van der Waals surface area (Å²) in [6.07, 6.45) is 3.28. The minimum absolute atomic E-state index is 0.0193. The molecule has 34 heavy (non-hydrogen) atoms. The molecule has 2 amide bonds. The second kappa shape index (κ2) is 10.7. The first-order valence-electron chi connectivity index (χ1n) is 12.1. The number of benzene rings is 2. The van der Waals surface area contributed by atoms with Crippen LogP contribution < -0.4 is 10.6 Å². The third kappa shape index (κ3) is 5.41. The van der Waals surface area contributed by atoms with Crippen molar-refractivity contribution in [1.82, 2.24) is 10.6 Å². The lowest BCUT2D eigenvalue weighted by Gasteiger charge is -2.35. The molecule has 0 unspecified atom stereocenters. The van der Waals surface area contributed by atoms with E-state index in [0.29, 0.717) is 19.3 Å². The van der Waals surface area contributed by atoms with E-state index in [4.69, 9.17) is 4.74 Å². The molecule has 0 bridgehead atoms. The van der Waals surface area contributed by atoms with E-state index in [1.54, 1.807) is 0 Å². The van der Waals surface area contributed by atoms with Gasteiger partial charge in [-0.2, -0.15) is 0 Å². The van der Waals surface area contributed by atoms with Crippen molar-refractivity contribution in [2.24, 2.45) is 5.92 Å². The van der Waals surface area contributed by atoms with Crippen LogP contribution >= 0.6 is 0 Å². The molecule has 180 valence electrons. The van der Waals surface area contributed by atoms with Crippen molar-refractivity contribution in [3.8, 4) is 11.1 Å². The molecule has 0 radical (unpaired) electrons. The zero-order valence-electron chi connectivity index (χ0n) is 19.5. The number of ether oxygens (including phenoxy) is 1. The average molecular weight is 465 g/mol. The van der Waals surface area contributed by atoms with Crippen molar-refractivity contribution in [2.75, 3.05) is 6.61 Å². The van der Waals surface area contributed by atoms with Crippen molar-refractivity contribution in [2.45, 2.75) is 63.5 Å². The fraction of sp³-hybridized carbons (Fsp3) is 0.444. The van der Waals surface area contributed by atoms with Crippen LogP contribution in [0.25, 0.3) is 11.1 Å². The number of nitrogens with one attached hydrogen (secondary N) is 2. The maximum absolute atomic E-state index is 12.4. The number of rotatable bonds is 10. The van der Waals surface area contributed by atoms with Crippen molar-refractivity contribution in [3.05, 3.63) is 59.7 Å². The van der Waals surface area contributed by atoms with Crippen LogP contribution in [0.4, 0.5) is 4.79 Å². The molecule has 1 atom stereocenters. The zero-order chi connectivity index (χ0) is 24.1. The Morgan fingerprint density at radius 1 is 1.03 bits per heavy atom. The molecule has 3 N–H and O–H groups in total. The SMILES string of the molecule is CCCC[C@H](NC(=O)CC1CC(NC(=O)OCC2c3ccccc3-c3ccccc32)C1)C(=O)O. The molecule has 0 saturated heterocycles. The number of fused-ring (bicyclic) bond motifs is 3. The number of aliphatic carboxylic acids is 1. The fourth-order valence-corrected chi connectivity index (χ4v) is 5.01. The predicted octanol–water partition coefficient (Wildman–Crippen LogP) is 4.45. The van der Waals surface area contributed by atoms with Gasteiger partial charge in [-0.05, 0) is 47.4 Å². The fourth-order valence-electron chi connectivity index (χ4n) is 5.01. The summed E-state index contributed by atoms with van der Waals surface area (Å²) in [5, 5.41) is 14.8.